The van der Waals surface area contributed by atoms with Gasteiger partial charge in [-0.1, -0.05) is 53.6 Å². The molecule has 0 spiro atoms. The van der Waals surface area contributed by atoms with Crippen LogP contribution in [0.25, 0.3) is 11.3 Å². The largest absolute Gasteiger partial charge is 0.396 e. The molecule has 1 fully saturated rings. The molecule has 10 heteroatoms. The van der Waals surface area contributed by atoms with E-state index in [-0.39, 0.29) is 31.1 Å². The Balaban J connectivity index is 1.30. The fraction of sp³-hybridized carbons (Fsp3) is 0.379. The second kappa shape index (κ2) is 11.3. The first-order valence-corrected chi connectivity index (χ1v) is 13.5. The second-order valence-electron chi connectivity index (χ2n) is 10.4. The molecule has 0 radical (unpaired) electrons. The Morgan fingerprint density at radius 1 is 1.21 bits per heavy atom. The highest BCUT2D eigenvalue weighted by atomic mass is 35.5. The number of aryl methyl sites for hydroxylation is 1. The molecule has 204 valence electrons. The van der Waals surface area contributed by atoms with Crippen LogP contribution in [0.2, 0.25) is 5.02 Å². The summed E-state index contributed by atoms with van der Waals surface area (Å²) in [7, 11) is 0. The van der Waals surface area contributed by atoms with Crippen LogP contribution in [0, 0.1) is 12.8 Å². The third-order valence-corrected chi connectivity index (χ3v) is 7.85. The number of anilines is 1. The predicted molar refractivity (Wildman–Crippen MR) is 148 cm³/mol. The standard InChI is InChI=1S/C29H32ClN5O4/c1-16-4-3-5-19(8-16)25(15-37)33-27(38)17(2)35-13-21-7-6-20(11-23(21)28(35)39)26-24(30)12-31-29(34-26)32-22-9-18(10-22)14-36/h3-8,11-12,17-18,22,25,36-37H,9-10,13-15H2,1-2H3,(H,33,38)(H,31,32,34)/t17-,18-,22-,25-/m1/s1. The van der Waals surface area contributed by atoms with Crippen molar-refractivity contribution in [1.29, 1.82) is 0 Å². The Morgan fingerprint density at radius 3 is 2.72 bits per heavy atom. The van der Waals surface area contributed by atoms with E-state index in [0.717, 1.165) is 29.5 Å². The predicted octanol–water partition coefficient (Wildman–Crippen LogP) is 3.48. The minimum Gasteiger partial charge on any atom is -0.396 e. The van der Waals surface area contributed by atoms with Crippen molar-refractivity contribution in [1.82, 2.24) is 20.2 Å². The van der Waals surface area contributed by atoms with E-state index in [1.807, 2.05) is 43.3 Å². The van der Waals surface area contributed by atoms with Crippen molar-refractivity contribution in [3.63, 3.8) is 0 Å². The Hall–Kier alpha value is -3.53. The van der Waals surface area contributed by atoms with Gasteiger partial charge in [0.15, 0.2) is 0 Å². The molecular formula is C29H32ClN5O4. The van der Waals surface area contributed by atoms with Gasteiger partial charge in [0.25, 0.3) is 5.91 Å². The number of carbonyl (C=O) groups is 2. The zero-order valence-corrected chi connectivity index (χ0v) is 22.7. The number of aliphatic hydroxyl groups is 2. The first kappa shape index (κ1) is 27.1. The summed E-state index contributed by atoms with van der Waals surface area (Å²) >= 11 is 6.44. The quantitative estimate of drug-likeness (QED) is 0.322. The van der Waals surface area contributed by atoms with E-state index >= 15 is 0 Å². The minimum absolute atomic E-state index is 0.181. The Labute approximate surface area is 232 Å². The van der Waals surface area contributed by atoms with Crippen molar-refractivity contribution >= 4 is 29.4 Å². The summed E-state index contributed by atoms with van der Waals surface area (Å²) in [4.78, 5) is 36.9. The topological polar surface area (TPSA) is 128 Å². The molecule has 2 aromatic carbocycles. The summed E-state index contributed by atoms with van der Waals surface area (Å²) in [6.45, 7) is 3.87. The van der Waals surface area contributed by atoms with Gasteiger partial charge in [0.2, 0.25) is 11.9 Å². The van der Waals surface area contributed by atoms with Gasteiger partial charge in [-0.25, -0.2) is 9.97 Å². The van der Waals surface area contributed by atoms with Crippen molar-refractivity contribution in [2.24, 2.45) is 5.92 Å². The van der Waals surface area contributed by atoms with E-state index in [2.05, 4.69) is 20.6 Å². The summed E-state index contributed by atoms with van der Waals surface area (Å²) in [5, 5.41) is 25.7. The van der Waals surface area contributed by atoms with Crippen LogP contribution in [-0.2, 0) is 11.3 Å². The molecule has 1 aliphatic carbocycles. The number of benzene rings is 2. The molecule has 1 saturated carbocycles. The number of hydrogen-bond acceptors (Lipinski definition) is 7. The van der Waals surface area contributed by atoms with Gasteiger partial charge in [-0.05, 0) is 49.8 Å². The average molecular weight is 550 g/mol. The number of carbonyl (C=O) groups excluding carboxylic acids is 2. The summed E-state index contributed by atoms with van der Waals surface area (Å²) in [6.07, 6.45) is 3.25. The van der Waals surface area contributed by atoms with Crippen LogP contribution in [-0.4, -0.2) is 62.2 Å². The summed E-state index contributed by atoms with van der Waals surface area (Å²) < 4.78 is 0. The molecule has 1 aromatic heterocycles. The van der Waals surface area contributed by atoms with Gasteiger partial charge in [0.1, 0.15) is 6.04 Å². The van der Waals surface area contributed by atoms with Crippen LogP contribution < -0.4 is 10.6 Å². The number of nitrogens with zero attached hydrogens (tertiary/aromatic N) is 3. The van der Waals surface area contributed by atoms with Gasteiger partial charge >= 0.3 is 0 Å². The van der Waals surface area contributed by atoms with E-state index in [1.165, 1.54) is 11.1 Å². The Morgan fingerprint density at radius 2 is 2.00 bits per heavy atom. The third-order valence-electron chi connectivity index (χ3n) is 7.58. The first-order valence-electron chi connectivity index (χ1n) is 13.1. The monoisotopic (exact) mass is 549 g/mol. The van der Waals surface area contributed by atoms with Crippen molar-refractivity contribution in [3.05, 3.63) is 75.9 Å². The van der Waals surface area contributed by atoms with Gasteiger partial charge < -0.3 is 25.7 Å². The number of halogens is 1. The smallest absolute Gasteiger partial charge is 0.255 e. The summed E-state index contributed by atoms with van der Waals surface area (Å²) in [5.41, 5.74) is 4.33. The molecule has 0 bridgehead atoms. The molecule has 0 saturated heterocycles. The van der Waals surface area contributed by atoms with Crippen LogP contribution in [0.4, 0.5) is 5.95 Å². The van der Waals surface area contributed by atoms with E-state index in [9.17, 15) is 19.8 Å². The van der Waals surface area contributed by atoms with Gasteiger partial charge in [-0.2, -0.15) is 0 Å². The van der Waals surface area contributed by atoms with Crippen molar-refractivity contribution < 1.29 is 19.8 Å². The normalized spacial score (nSPS) is 19.7. The Kier molecular flexibility index (Phi) is 7.83. The molecule has 2 aliphatic rings. The van der Waals surface area contributed by atoms with Crippen molar-refractivity contribution in [3.8, 4) is 11.3 Å². The number of amides is 2. The molecule has 4 N–H and O–H groups in total. The van der Waals surface area contributed by atoms with Gasteiger partial charge in [-0.3, -0.25) is 9.59 Å². The van der Waals surface area contributed by atoms with Crippen LogP contribution in [0.5, 0.6) is 0 Å². The van der Waals surface area contributed by atoms with E-state index in [1.54, 1.807) is 13.0 Å². The van der Waals surface area contributed by atoms with Crippen LogP contribution in [0.1, 0.15) is 52.9 Å². The number of aliphatic hydroxyl groups excluding tert-OH is 2. The zero-order chi connectivity index (χ0) is 27.7. The number of rotatable bonds is 9. The minimum atomic E-state index is -0.740. The molecule has 5 rings (SSSR count). The highest BCUT2D eigenvalue weighted by molar-refractivity contribution is 6.33. The lowest BCUT2D eigenvalue weighted by Crippen LogP contribution is -2.46. The number of fused-ring (bicyclic) bond motifs is 1. The van der Waals surface area contributed by atoms with Crippen LogP contribution in [0.15, 0.2) is 48.7 Å². The maximum Gasteiger partial charge on any atom is 0.255 e. The Bertz CT molecular complexity index is 1390. The molecule has 2 atom stereocenters. The second-order valence-corrected chi connectivity index (χ2v) is 10.8. The van der Waals surface area contributed by atoms with Gasteiger partial charge in [-0.15, -0.1) is 0 Å². The molecule has 3 aromatic rings. The molecule has 9 nitrogen and oxygen atoms in total. The molecule has 39 heavy (non-hydrogen) atoms. The molecule has 1 aliphatic heterocycles. The van der Waals surface area contributed by atoms with Crippen LogP contribution >= 0.6 is 11.6 Å². The third kappa shape index (κ3) is 5.61. The molecule has 2 amide bonds. The fourth-order valence-corrected chi connectivity index (χ4v) is 5.36. The van der Waals surface area contributed by atoms with E-state index in [4.69, 9.17) is 11.6 Å². The molecule has 2 heterocycles. The van der Waals surface area contributed by atoms with E-state index < -0.39 is 12.1 Å². The van der Waals surface area contributed by atoms with Crippen molar-refractivity contribution in [2.45, 2.75) is 51.4 Å². The van der Waals surface area contributed by atoms with Crippen LogP contribution in [0.3, 0.4) is 0 Å². The van der Waals surface area contributed by atoms with Gasteiger partial charge in [0.05, 0.1) is 29.6 Å². The lowest BCUT2D eigenvalue weighted by Gasteiger charge is -2.34. The number of hydrogen-bond donors (Lipinski definition) is 4. The first-order chi connectivity index (χ1) is 18.8. The number of nitrogens with one attached hydrogen (secondary N) is 2. The van der Waals surface area contributed by atoms with E-state index in [0.29, 0.717) is 40.3 Å². The SMILES string of the molecule is Cc1cccc([C@@H](CO)NC(=O)[C@@H](C)N2Cc3ccc(-c4nc(N[C@H]5C[C@H](CO)C5)ncc4Cl)cc3C2=O)c1. The lowest BCUT2D eigenvalue weighted by atomic mass is 9.81. The maximum absolute atomic E-state index is 13.4. The van der Waals surface area contributed by atoms with Gasteiger partial charge in [0, 0.05) is 30.3 Å². The maximum atomic E-state index is 13.4. The summed E-state index contributed by atoms with van der Waals surface area (Å²) in [5.74, 6) is 0.160. The molecule has 0 unspecified atom stereocenters. The number of aromatic nitrogens is 2. The fourth-order valence-electron chi connectivity index (χ4n) is 5.16. The molecular weight excluding hydrogens is 518 g/mol. The highest BCUT2D eigenvalue weighted by Gasteiger charge is 2.35. The summed E-state index contributed by atoms with van der Waals surface area (Å²) in [6, 6.07) is 12.0. The average Bonchev–Trinajstić information content (AvgIpc) is 3.24. The zero-order valence-electron chi connectivity index (χ0n) is 21.9. The lowest BCUT2D eigenvalue weighted by molar-refractivity contribution is -0.126. The van der Waals surface area contributed by atoms with Crippen molar-refractivity contribution in [2.75, 3.05) is 18.5 Å². The highest BCUT2D eigenvalue weighted by Crippen LogP contribution is 2.34.